The van der Waals surface area contributed by atoms with Crippen LogP contribution in [0.25, 0.3) is 0 Å². The van der Waals surface area contributed by atoms with Gasteiger partial charge in [-0.25, -0.2) is 4.98 Å². The van der Waals surface area contributed by atoms with Crippen molar-refractivity contribution in [2.75, 3.05) is 38.1 Å². The van der Waals surface area contributed by atoms with Gasteiger partial charge >= 0.3 is 0 Å². The Morgan fingerprint density at radius 3 is 2.59 bits per heavy atom. The largest absolute Gasteiger partial charge is 0.354 e. The van der Waals surface area contributed by atoms with Crippen molar-refractivity contribution in [2.45, 2.75) is 25.7 Å². The van der Waals surface area contributed by atoms with Gasteiger partial charge in [-0.05, 0) is 44.4 Å². The summed E-state index contributed by atoms with van der Waals surface area (Å²) in [5.74, 6) is 1.19. The second-order valence-electron chi connectivity index (χ2n) is 5.27. The van der Waals surface area contributed by atoms with Crippen LogP contribution in [0.5, 0.6) is 0 Å². The molecule has 0 N–H and O–H groups in total. The van der Waals surface area contributed by atoms with E-state index in [-0.39, 0.29) is 0 Å². The molecular weight excluding hydrogens is 210 g/mol. The molecule has 0 radical (unpaired) electrons. The zero-order chi connectivity index (χ0) is 11.7. The van der Waals surface area contributed by atoms with Gasteiger partial charge in [-0.2, -0.15) is 0 Å². The number of fused-ring (bicyclic) bond motifs is 1. The number of hydrogen-bond acceptors (Lipinski definition) is 3. The zero-order valence-corrected chi connectivity index (χ0v) is 10.7. The van der Waals surface area contributed by atoms with Crippen LogP contribution in [-0.4, -0.2) is 43.1 Å². The van der Waals surface area contributed by atoms with Crippen molar-refractivity contribution in [3.63, 3.8) is 0 Å². The summed E-state index contributed by atoms with van der Waals surface area (Å²) in [6.45, 7) is 4.53. The lowest BCUT2D eigenvalue weighted by molar-refractivity contribution is 0.312. The lowest BCUT2D eigenvalue weighted by atomic mass is 9.96. The minimum absolute atomic E-state index is 1.11. The third kappa shape index (κ3) is 2.29. The Labute approximate surface area is 103 Å². The first-order chi connectivity index (χ1) is 8.33. The Balaban J connectivity index is 1.79. The van der Waals surface area contributed by atoms with E-state index < -0.39 is 0 Å². The molecule has 0 atom stereocenters. The Hall–Kier alpha value is -1.09. The first kappa shape index (κ1) is 11.0. The topological polar surface area (TPSA) is 19.4 Å². The van der Waals surface area contributed by atoms with Gasteiger partial charge in [-0.15, -0.1) is 0 Å². The van der Waals surface area contributed by atoms with Crippen LogP contribution in [0.4, 0.5) is 5.82 Å². The third-order valence-corrected chi connectivity index (χ3v) is 3.99. The molecule has 1 aliphatic carbocycles. The summed E-state index contributed by atoms with van der Waals surface area (Å²) in [4.78, 5) is 9.68. The number of likely N-dealkylation sites (N-methyl/N-ethyl adjacent to an activating group) is 1. The van der Waals surface area contributed by atoms with E-state index in [4.69, 9.17) is 4.98 Å². The van der Waals surface area contributed by atoms with Gasteiger partial charge in [0, 0.05) is 31.9 Å². The molecule has 3 heteroatoms. The number of aryl methyl sites for hydroxylation is 2. The van der Waals surface area contributed by atoms with E-state index in [1.807, 2.05) is 0 Å². The van der Waals surface area contributed by atoms with Crippen LogP contribution in [0.1, 0.15) is 24.1 Å². The minimum atomic E-state index is 1.11. The van der Waals surface area contributed by atoms with E-state index >= 15 is 0 Å². The summed E-state index contributed by atoms with van der Waals surface area (Å²) in [5.41, 5.74) is 2.84. The van der Waals surface area contributed by atoms with Crippen LogP contribution in [-0.2, 0) is 12.8 Å². The molecule has 0 bridgehead atoms. The van der Waals surface area contributed by atoms with Crippen molar-refractivity contribution < 1.29 is 0 Å². The molecule has 1 saturated heterocycles. The Morgan fingerprint density at radius 2 is 1.76 bits per heavy atom. The summed E-state index contributed by atoms with van der Waals surface area (Å²) in [7, 11) is 2.19. The van der Waals surface area contributed by atoms with Crippen LogP contribution >= 0.6 is 0 Å². The van der Waals surface area contributed by atoms with Gasteiger partial charge in [-0.1, -0.05) is 6.07 Å². The smallest absolute Gasteiger partial charge is 0.128 e. The fourth-order valence-corrected chi connectivity index (χ4v) is 2.78. The van der Waals surface area contributed by atoms with E-state index in [1.165, 1.54) is 42.8 Å². The zero-order valence-electron chi connectivity index (χ0n) is 10.7. The summed E-state index contributed by atoms with van der Waals surface area (Å²) in [5, 5.41) is 0. The number of pyridine rings is 1. The second-order valence-corrected chi connectivity index (χ2v) is 5.27. The normalized spacial score (nSPS) is 21.4. The third-order valence-electron chi connectivity index (χ3n) is 3.99. The van der Waals surface area contributed by atoms with Crippen molar-refractivity contribution in [2.24, 2.45) is 0 Å². The quantitative estimate of drug-likeness (QED) is 0.733. The molecule has 0 aromatic carbocycles. The fourth-order valence-electron chi connectivity index (χ4n) is 2.78. The fraction of sp³-hybridized carbons (Fsp3) is 0.643. The van der Waals surface area contributed by atoms with Gasteiger partial charge in [0.05, 0.1) is 0 Å². The van der Waals surface area contributed by atoms with Crippen molar-refractivity contribution in [3.8, 4) is 0 Å². The van der Waals surface area contributed by atoms with Gasteiger partial charge in [-0.3, -0.25) is 0 Å². The maximum atomic E-state index is 4.87. The molecule has 92 valence electrons. The van der Waals surface area contributed by atoms with Gasteiger partial charge < -0.3 is 9.80 Å². The predicted octanol–water partition coefficient (Wildman–Crippen LogP) is 1.71. The lowest BCUT2D eigenvalue weighted by Crippen LogP contribution is -2.44. The van der Waals surface area contributed by atoms with E-state index in [9.17, 15) is 0 Å². The standard InChI is InChI=1S/C14H21N3/c1-16-8-10-17(11-9-16)14-7-6-12-4-2-3-5-13(12)15-14/h6-7H,2-5,8-11H2,1H3. The molecule has 0 spiro atoms. The van der Waals surface area contributed by atoms with Gasteiger partial charge in [0.1, 0.15) is 5.82 Å². The second kappa shape index (κ2) is 4.65. The number of nitrogens with zero attached hydrogens (tertiary/aromatic N) is 3. The summed E-state index contributed by atoms with van der Waals surface area (Å²) >= 11 is 0. The first-order valence-corrected chi connectivity index (χ1v) is 6.75. The molecule has 1 aromatic heterocycles. The Kier molecular flexibility index (Phi) is 3.02. The lowest BCUT2D eigenvalue weighted by Gasteiger charge is -2.33. The van der Waals surface area contributed by atoms with Crippen molar-refractivity contribution >= 4 is 5.82 Å². The number of rotatable bonds is 1. The Bertz CT molecular complexity index is 394. The highest BCUT2D eigenvalue weighted by molar-refractivity contribution is 5.43. The number of aromatic nitrogens is 1. The molecular formula is C14H21N3. The number of hydrogen-bond donors (Lipinski definition) is 0. The van der Waals surface area contributed by atoms with E-state index in [2.05, 4.69) is 29.0 Å². The molecule has 17 heavy (non-hydrogen) atoms. The molecule has 0 unspecified atom stereocenters. The average molecular weight is 231 g/mol. The van der Waals surface area contributed by atoms with Crippen molar-refractivity contribution in [1.82, 2.24) is 9.88 Å². The first-order valence-electron chi connectivity index (χ1n) is 6.75. The predicted molar refractivity (Wildman–Crippen MR) is 70.6 cm³/mol. The molecule has 1 fully saturated rings. The van der Waals surface area contributed by atoms with E-state index in [0.29, 0.717) is 0 Å². The van der Waals surface area contributed by atoms with Gasteiger partial charge in [0.25, 0.3) is 0 Å². The summed E-state index contributed by atoms with van der Waals surface area (Å²) in [6.07, 6.45) is 5.05. The van der Waals surface area contributed by atoms with Crippen LogP contribution in [0.2, 0.25) is 0 Å². The summed E-state index contributed by atoms with van der Waals surface area (Å²) < 4.78 is 0. The SMILES string of the molecule is CN1CCN(c2ccc3c(n2)CCCC3)CC1. The maximum absolute atomic E-state index is 4.87. The van der Waals surface area contributed by atoms with Crippen LogP contribution in [0, 0.1) is 0 Å². The molecule has 1 aliphatic heterocycles. The van der Waals surface area contributed by atoms with Crippen molar-refractivity contribution in [1.29, 1.82) is 0 Å². The molecule has 2 aliphatic rings. The number of piperazine rings is 1. The minimum Gasteiger partial charge on any atom is -0.354 e. The highest BCUT2D eigenvalue weighted by Gasteiger charge is 2.17. The highest BCUT2D eigenvalue weighted by Crippen LogP contribution is 2.23. The molecule has 3 nitrogen and oxygen atoms in total. The molecule has 0 amide bonds. The van der Waals surface area contributed by atoms with Crippen molar-refractivity contribution in [3.05, 3.63) is 23.4 Å². The number of anilines is 1. The van der Waals surface area contributed by atoms with E-state index in [1.54, 1.807) is 0 Å². The molecule has 3 rings (SSSR count). The monoisotopic (exact) mass is 231 g/mol. The van der Waals surface area contributed by atoms with Gasteiger partial charge in [0.15, 0.2) is 0 Å². The molecule has 1 aromatic rings. The highest BCUT2D eigenvalue weighted by atomic mass is 15.3. The van der Waals surface area contributed by atoms with Crippen LogP contribution in [0.15, 0.2) is 12.1 Å². The molecule has 0 saturated carbocycles. The Morgan fingerprint density at radius 1 is 1.00 bits per heavy atom. The summed E-state index contributed by atoms with van der Waals surface area (Å²) in [6, 6.07) is 4.52. The average Bonchev–Trinajstić information content (AvgIpc) is 2.39. The maximum Gasteiger partial charge on any atom is 0.128 e. The van der Waals surface area contributed by atoms with Crippen LogP contribution in [0.3, 0.4) is 0 Å². The van der Waals surface area contributed by atoms with Crippen LogP contribution < -0.4 is 4.90 Å². The molecule has 2 heterocycles. The van der Waals surface area contributed by atoms with E-state index in [0.717, 1.165) is 26.2 Å². The van der Waals surface area contributed by atoms with Gasteiger partial charge in [0.2, 0.25) is 0 Å².